The molecule has 77 valence electrons. The second-order valence-electron chi connectivity index (χ2n) is 2.95. The van der Waals surface area contributed by atoms with Gasteiger partial charge in [-0.15, -0.1) is 10.2 Å². The van der Waals surface area contributed by atoms with Gasteiger partial charge in [0.2, 0.25) is 0 Å². The highest BCUT2D eigenvalue weighted by Gasteiger charge is 2.12. The fourth-order valence-corrected chi connectivity index (χ4v) is 1.35. The minimum absolute atomic E-state index is 0.492. The number of nitrogens with one attached hydrogen (secondary N) is 2. The van der Waals surface area contributed by atoms with Gasteiger partial charge in [0.15, 0.2) is 5.82 Å². The zero-order chi connectivity index (χ0) is 10.8. The largest absolute Gasteiger partial charge is 0.265 e. The van der Waals surface area contributed by atoms with Crippen molar-refractivity contribution < 1.29 is 0 Å². The summed E-state index contributed by atoms with van der Waals surface area (Å²) >= 11 is 0. The minimum Gasteiger partial charge on any atom is -0.265 e. The molecule has 0 atom stereocenters. The molecule has 0 saturated heterocycles. The Morgan fingerprint density at radius 2 is 2.19 bits per heavy atom. The molecule has 0 fully saturated rings. The highest BCUT2D eigenvalue weighted by atomic mass is 15.5. The molecule has 3 heterocycles. The molecule has 0 aliphatic rings. The molecular formula is C8H5N8. The maximum absolute atomic E-state index is 3.92. The second-order valence-corrected chi connectivity index (χ2v) is 2.95. The zero-order valence-corrected chi connectivity index (χ0v) is 7.92. The molecule has 8 heteroatoms. The molecule has 1 radical (unpaired) electrons. The van der Waals surface area contributed by atoms with E-state index in [0.717, 1.165) is 5.56 Å². The van der Waals surface area contributed by atoms with E-state index in [1.807, 2.05) is 0 Å². The number of hydrogen-bond acceptors (Lipinski definition) is 6. The van der Waals surface area contributed by atoms with Gasteiger partial charge in [0.1, 0.15) is 11.9 Å². The normalized spacial score (nSPS) is 10.5. The molecule has 0 bridgehead atoms. The van der Waals surface area contributed by atoms with Crippen molar-refractivity contribution in [2.75, 3.05) is 0 Å². The van der Waals surface area contributed by atoms with Crippen LogP contribution in [0.5, 0.6) is 0 Å². The second kappa shape index (κ2) is 3.50. The number of hydrogen-bond donors (Lipinski definition) is 2. The van der Waals surface area contributed by atoms with Crippen molar-refractivity contribution in [2.45, 2.75) is 0 Å². The molecule has 3 aromatic heterocycles. The predicted molar refractivity (Wildman–Crippen MR) is 51.6 cm³/mol. The topological polar surface area (TPSA) is 109 Å². The molecular weight excluding hydrogens is 208 g/mol. The van der Waals surface area contributed by atoms with E-state index in [2.05, 4.69) is 47.2 Å². The van der Waals surface area contributed by atoms with Crippen LogP contribution in [0.3, 0.4) is 0 Å². The van der Waals surface area contributed by atoms with Crippen molar-refractivity contribution in [2.24, 2.45) is 0 Å². The summed E-state index contributed by atoms with van der Waals surface area (Å²) in [5.74, 6) is 0.492. The molecule has 0 spiro atoms. The van der Waals surface area contributed by atoms with Gasteiger partial charge in [0.05, 0.1) is 11.8 Å². The van der Waals surface area contributed by atoms with Gasteiger partial charge in [-0.2, -0.15) is 0 Å². The summed E-state index contributed by atoms with van der Waals surface area (Å²) in [4.78, 5) is 3.91. The minimum atomic E-state index is 0.492. The molecule has 0 aliphatic heterocycles. The summed E-state index contributed by atoms with van der Waals surface area (Å²) in [6.45, 7) is 0. The highest BCUT2D eigenvalue weighted by Crippen LogP contribution is 2.25. The van der Waals surface area contributed by atoms with Crippen LogP contribution in [0.1, 0.15) is 0 Å². The number of nitrogens with zero attached hydrogens (tertiary/aromatic N) is 6. The van der Waals surface area contributed by atoms with Crippen molar-refractivity contribution in [1.29, 1.82) is 0 Å². The molecule has 8 nitrogen and oxygen atoms in total. The van der Waals surface area contributed by atoms with Crippen LogP contribution in [-0.4, -0.2) is 41.0 Å². The number of aromatic amines is 2. The Bertz CT molecular complexity index is 517. The Hall–Kier alpha value is -2.64. The third kappa shape index (κ3) is 1.32. The van der Waals surface area contributed by atoms with Crippen molar-refractivity contribution in [3.63, 3.8) is 0 Å². The molecule has 0 aromatic carbocycles. The molecule has 2 N–H and O–H groups in total. The first kappa shape index (κ1) is 8.65. The average molecular weight is 213 g/mol. The highest BCUT2D eigenvalue weighted by molar-refractivity contribution is 5.76. The van der Waals surface area contributed by atoms with E-state index in [1.54, 1.807) is 18.5 Å². The van der Waals surface area contributed by atoms with Crippen LogP contribution in [0.4, 0.5) is 0 Å². The third-order valence-electron chi connectivity index (χ3n) is 2.04. The van der Waals surface area contributed by atoms with Crippen LogP contribution in [0.15, 0.2) is 18.5 Å². The number of aromatic nitrogens is 8. The maximum Gasteiger partial charge on any atom is 0.182 e. The third-order valence-corrected chi connectivity index (χ3v) is 2.04. The first-order valence-corrected chi connectivity index (χ1v) is 4.43. The van der Waals surface area contributed by atoms with Gasteiger partial charge in [-0.3, -0.25) is 10.1 Å². The van der Waals surface area contributed by atoms with Crippen LogP contribution < -0.4 is 0 Å². The Kier molecular flexibility index (Phi) is 1.89. The zero-order valence-electron chi connectivity index (χ0n) is 7.92. The summed E-state index contributed by atoms with van der Waals surface area (Å²) in [6.07, 6.45) is 6.12. The first-order valence-electron chi connectivity index (χ1n) is 4.43. The number of pyridine rings is 1. The van der Waals surface area contributed by atoms with Crippen molar-refractivity contribution in [3.05, 3.63) is 24.7 Å². The maximum atomic E-state index is 3.92. The van der Waals surface area contributed by atoms with Gasteiger partial charge in [0, 0.05) is 11.8 Å². The fourth-order valence-electron chi connectivity index (χ4n) is 1.35. The van der Waals surface area contributed by atoms with Gasteiger partial charge < -0.3 is 0 Å². The van der Waals surface area contributed by atoms with Gasteiger partial charge in [0.25, 0.3) is 0 Å². The van der Waals surface area contributed by atoms with Gasteiger partial charge in [-0.25, -0.2) is 5.10 Å². The number of tetrazole rings is 1. The standard InChI is InChI=1S/C8H5N8/c1-2-9-3-6(8-12-15-16-13-8)5(1)7-4-10-14-11-7/h1-2,4H,(H,10,11,14)(H,12,13,15,16). The molecule has 0 unspecified atom stereocenters. The average Bonchev–Trinajstić information content (AvgIpc) is 3.03. The summed E-state index contributed by atoms with van der Waals surface area (Å²) in [5.41, 5.74) is 2.15. The lowest BCUT2D eigenvalue weighted by molar-refractivity contribution is 0.881. The number of H-pyrrole nitrogens is 2. The molecule has 3 rings (SSSR count). The first-order chi connectivity index (χ1) is 7.95. The van der Waals surface area contributed by atoms with Crippen LogP contribution in [0.25, 0.3) is 22.6 Å². The smallest absolute Gasteiger partial charge is 0.182 e. The number of rotatable bonds is 2. The summed E-state index contributed by atoms with van der Waals surface area (Å²) in [6, 6.07) is 1.80. The van der Waals surface area contributed by atoms with E-state index in [-0.39, 0.29) is 0 Å². The van der Waals surface area contributed by atoms with Crippen LogP contribution in [-0.2, 0) is 0 Å². The van der Waals surface area contributed by atoms with E-state index in [1.165, 1.54) is 0 Å². The van der Waals surface area contributed by atoms with Crippen LogP contribution in [0.2, 0.25) is 0 Å². The van der Waals surface area contributed by atoms with Crippen LogP contribution in [0, 0.1) is 6.20 Å². The van der Waals surface area contributed by atoms with E-state index in [4.69, 9.17) is 0 Å². The molecule has 0 saturated carbocycles. The Morgan fingerprint density at radius 1 is 1.19 bits per heavy atom. The van der Waals surface area contributed by atoms with Crippen molar-refractivity contribution in [1.82, 2.24) is 41.0 Å². The monoisotopic (exact) mass is 213 g/mol. The molecule has 3 aromatic rings. The van der Waals surface area contributed by atoms with Crippen molar-refractivity contribution >= 4 is 0 Å². The van der Waals surface area contributed by atoms with Crippen LogP contribution >= 0.6 is 0 Å². The van der Waals surface area contributed by atoms with Crippen molar-refractivity contribution in [3.8, 4) is 22.6 Å². The fraction of sp³-hybridized carbons (Fsp3) is 0. The summed E-state index contributed by atoms with van der Waals surface area (Å²) in [5, 5.41) is 23.7. The Labute approximate surface area is 89.1 Å². The van der Waals surface area contributed by atoms with E-state index in [0.29, 0.717) is 17.1 Å². The molecule has 0 amide bonds. The Balaban J connectivity index is 2.19. The van der Waals surface area contributed by atoms with Gasteiger partial charge in [-0.1, -0.05) is 5.21 Å². The quantitative estimate of drug-likeness (QED) is 0.612. The van der Waals surface area contributed by atoms with E-state index in [9.17, 15) is 0 Å². The lowest BCUT2D eigenvalue weighted by Crippen LogP contribution is -1.89. The molecule has 16 heavy (non-hydrogen) atoms. The SMILES string of the molecule is [c]1nccc(-c2c[nH]nn2)c1-c1nnn[nH]1. The lowest BCUT2D eigenvalue weighted by Gasteiger charge is -2.00. The van der Waals surface area contributed by atoms with E-state index < -0.39 is 0 Å². The summed E-state index contributed by atoms with van der Waals surface area (Å²) < 4.78 is 0. The molecule has 0 aliphatic carbocycles. The summed E-state index contributed by atoms with van der Waals surface area (Å²) in [7, 11) is 0. The Morgan fingerprint density at radius 3 is 2.94 bits per heavy atom. The lowest BCUT2D eigenvalue weighted by atomic mass is 10.1. The van der Waals surface area contributed by atoms with Gasteiger partial charge >= 0.3 is 0 Å². The predicted octanol–water partition coefficient (Wildman–Crippen LogP) is -0.153. The van der Waals surface area contributed by atoms with Gasteiger partial charge in [-0.05, 0) is 16.5 Å². The van der Waals surface area contributed by atoms with E-state index >= 15 is 0 Å².